The lowest BCUT2D eigenvalue weighted by Crippen LogP contribution is -2.49. The Morgan fingerprint density at radius 1 is 0.857 bits per heavy atom. The Balaban J connectivity index is 1.27. The molecule has 35 heavy (non-hydrogen) atoms. The lowest BCUT2D eigenvalue weighted by Gasteiger charge is -2.36. The Morgan fingerprint density at radius 3 is 2.09 bits per heavy atom. The number of hydrogen-bond acceptors (Lipinski definition) is 4. The fourth-order valence-corrected chi connectivity index (χ4v) is 4.38. The molecule has 2 N–H and O–H groups in total. The number of urea groups is 1. The van der Waals surface area contributed by atoms with Gasteiger partial charge in [0.25, 0.3) is 0 Å². The molecule has 0 bridgehead atoms. The molecule has 0 aliphatic carbocycles. The van der Waals surface area contributed by atoms with E-state index in [1.54, 1.807) is 25.3 Å². The number of benzene rings is 3. The number of nitrogens with zero attached hydrogens (tertiary/aromatic N) is 2. The molecule has 0 atom stereocenters. The molecule has 1 aliphatic heterocycles. The normalized spacial score (nSPS) is 13.3. The highest BCUT2D eigenvalue weighted by atomic mass is 35.5. The van der Waals surface area contributed by atoms with Crippen molar-refractivity contribution in [1.29, 1.82) is 0 Å². The summed E-state index contributed by atoms with van der Waals surface area (Å²) in [6, 6.07) is 19.8. The quantitative estimate of drug-likeness (QED) is 0.454. The number of carbonyl (C=O) groups is 2. The van der Waals surface area contributed by atoms with Crippen molar-refractivity contribution in [3.63, 3.8) is 0 Å². The standard InChI is InChI=1S/C26H26Cl2N4O3/c1-35-21-11-5-18(6-12-21)17-24(33)32-15-13-31(14-16-32)20-9-7-19(8-10-20)29-26(34)30-25-22(27)3-2-4-23(25)28/h2-12H,13-17H2,1H3,(H2,29,30,34). The molecular weight excluding hydrogens is 487 g/mol. The molecule has 1 saturated heterocycles. The average Bonchev–Trinajstić information content (AvgIpc) is 2.87. The predicted octanol–water partition coefficient (Wildman–Crippen LogP) is 5.54. The molecule has 9 heteroatoms. The number of amides is 3. The molecule has 0 radical (unpaired) electrons. The van der Waals surface area contributed by atoms with Gasteiger partial charge in [0.15, 0.2) is 0 Å². The molecule has 1 aliphatic rings. The molecule has 3 aromatic carbocycles. The number of carbonyl (C=O) groups excluding carboxylic acids is 2. The smallest absolute Gasteiger partial charge is 0.323 e. The van der Waals surface area contributed by atoms with E-state index in [4.69, 9.17) is 27.9 Å². The second-order valence-electron chi connectivity index (χ2n) is 8.12. The largest absolute Gasteiger partial charge is 0.497 e. The summed E-state index contributed by atoms with van der Waals surface area (Å²) >= 11 is 12.2. The fourth-order valence-electron chi connectivity index (χ4n) is 3.89. The topological polar surface area (TPSA) is 73.9 Å². The molecule has 0 saturated carbocycles. The number of piperazine rings is 1. The first-order valence-electron chi connectivity index (χ1n) is 11.2. The molecular formula is C26H26Cl2N4O3. The van der Waals surface area contributed by atoms with E-state index in [1.807, 2.05) is 53.4 Å². The molecule has 1 heterocycles. The van der Waals surface area contributed by atoms with Crippen molar-refractivity contribution in [2.75, 3.05) is 48.8 Å². The van der Waals surface area contributed by atoms with Crippen LogP contribution in [0.1, 0.15) is 5.56 Å². The number of anilines is 3. The van der Waals surface area contributed by atoms with Gasteiger partial charge in [-0.25, -0.2) is 4.79 Å². The summed E-state index contributed by atoms with van der Waals surface area (Å²) in [5.41, 5.74) is 3.02. The predicted molar refractivity (Wildman–Crippen MR) is 141 cm³/mol. The molecule has 7 nitrogen and oxygen atoms in total. The Morgan fingerprint density at radius 2 is 1.49 bits per heavy atom. The minimum absolute atomic E-state index is 0.124. The zero-order chi connectivity index (χ0) is 24.8. The van der Waals surface area contributed by atoms with Crippen molar-refractivity contribution in [1.82, 2.24) is 4.90 Å². The molecule has 3 aromatic rings. The van der Waals surface area contributed by atoms with Gasteiger partial charge in [0.2, 0.25) is 5.91 Å². The number of para-hydroxylation sites is 1. The number of hydrogen-bond donors (Lipinski definition) is 2. The first-order chi connectivity index (χ1) is 16.9. The van der Waals surface area contributed by atoms with Crippen LogP contribution in [0.25, 0.3) is 0 Å². The van der Waals surface area contributed by atoms with E-state index in [0.29, 0.717) is 40.9 Å². The Bertz CT molecular complexity index is 1160. The van der Waals surface area contributed by atoms with Crippen molar-refractivity contribution >= 4 is 52.2 Å². The molecule has 0 unspecified atom stereocenters. The molecule has 4 rings (SSSR count). The number of ether oxygens (including phenoxy) is 1. The van der Waals surface area contributed by atoms with Crippen molar-refractivity contribution in [3.05, 3.63) is 82.3 Å². The highest BCUT2D eigenvalue weighted by Crippen LogP contribution is 2.30. The summed E-state index contributed by atoms with van der Waals surface area (Å²) in [5, 5.41) is 6.19. The second-order valence-corrected chi connectivity index (χ2v) is 8.93. The van der Waals surface area contributed by atoms with Crippen LogP contribution in [-0.2, 0) is 11.2 Å². The third-order valence-corrected chi connectivity index (χ3v) is 6.47. The van der Waals surface area contributed by atoms with Gasteiger partial charge in [-0.05, 0) is 54.1 Å². The van der Waals surface area contributed by atoms with Crippen LogP contribution in [0, 0.1) is 0 Å². The van der Waals surface area contributed by atoms with E-state index in [9.17, 15) is 9.59 Å². The summed E-state index contributed by atoms with van der Waals surface area (Å²) in [6.07, 6.45) is 0.381. The first-order valence-corrected chi connectivity index (χ1v) is 12.0. The summed E-state index contributed by atoms with van der Waals surface area (Å²) in [4.78, 5) is 29.2. The van der Waals surface area contributed by atoms with Gasteiger partial charge in [-0.2, -0.15) is 0 Å². The maximum absolute atomic E-state index is 12.7. The minimum atomic E-state index is -0.434. The zero-order valence-corrected chi connectivity index (χ0v) is 20.8. The highest BCUT2D eigenvalue weighted by molar-refractivity contribution is 6.39. The van der Waals surface area contributed by atoms with E-state index in [1.165, 1.54) is 0 Å². The van der Waals surface area contributed by atoms with Crippen LogP contribution in [0.4, 0.5) is 21.9 Å². The molecule has 0 aromatic heterocycles. The van der Waals surface area contributed by atoms with Gasteiger partial charge < -0.3 is 25.2 Å². The van der Waals surface area contributed by atoms with E-state index in [0.717, 1.165) is 30.1 Å². The monoisotopic (exact) mass is 512 g/mol. The van der Waals surface area contributed by atoms with Gasteiger partial charge in [-0.3, -0.25) is 4.79 Å². The van der Waals surface area contributed by atoms with Crippen LogP contribution in [0.5, 0.6) is 5.75 Å². The molecule has 1 fully saturated rings. The van der Waals surface area contributed by atoms with Gasteiger partial charge in [-0.1, -0.05) is 41.4 Å². The minimum Gasteiger partial charge on any atom is -0.497 e. The van der Waals surface area contributed by atoms with Crippen molar-refractivity contribution < 1.29 is 14.3 Å². The van der Waals surface area contributed by atoms with Gasteiger partial charge in [0.1, 0.15) is 5.75 Å². The second kappa shape index (κ2) is 11.3. The third-order valence-electron chi connectivity index (χ3n) is 5.84. The number of halogens is 2. The lowest BCUT2D eigenvalue weighted by atomic mass is 10.1. The maximum Gasteiger partial charge on any atom is 0.323 e. The van der Waals surface area contributed by atoms with Crippen molar-refractivity contribution in [2.45, 2.75) is 6.42 Å². The first kappa shape index (κ1) is 24.7. The van der Waals surface area contributed by atoms with Crippen LogP contribution in [0.15, 0.2) is 66.7 Å². The lowest BCUT2D eigenvalue weighted by molar-refractivity contribution is -0.130. The summed E-state index contributed by atoms with van der Waals surface area (Å²) in [7, 11) is 1.62. The Labute approximate surface area is 214 Å². The SMILES string of the molecule is COc1ccc(CC(=O)N2CCN(c3ccc(NC(=O)Nc4c(Cl)cccc4Cl)cc3)CC2)cc1. The van der Waals surface area contributed by atoms with Crippen molar-refractivity contribution in [2.24, 2.45) is 0 Å². The van der Waals surface area contributed by atoms with E-state index in [2.05, 4.69) is 15.5 Å². The Hall–Kier alpha value is -3.42. The summed E-state index contributed by atoms with van der Waals surface area (Å²) in [5.74, 6) is 0.903. The van der Waals surface area contributed by atoms with Crippen molar-refractivity contribution in [3.8, 4) is 5.75 Å². The molecule has 182 valence electrons. The summed E-state index contributed by atoms with van der Waals surface area (Å²) in [6.45, 7) is 2.81. The van der Waals surface area contributed by atoms with Crippen LogP contribution in [0.2, 0.25) is 10.0 Å². The van der Waals surface area contributed by atoms with E-state index in [-0.39, 0.29) is 5.91 Å². The number of rotatable bonds is 6. The highest BCUT2D eigenvalue weighted by Gasteiger charge is 2.21. The van der Waals surface area contributed by atoms with Crippen LogP contribution < -0.4 is 20.3 Å². The Kier molecular flexibility index (Phi) is 8.00. The van der Waals surface area contributed by atoms with Crippen LogP contribution >= 0.6 is 23.2 Å². The maximum atomic E-state index is 12.7. The number of methoxy groups -OCH3 is 1. The fraction of sp³-hybridized carbons (Fsp3) is 0.231. The van der Waals surface area contributed by atoms with E-state index >= 15 is 0 Å². The van der Waals surface area contributed by atoms with E-state index < -0.39 is 6.03 Å². The summed E-state index contributed by atoms with van der Waals surface area (Å²) < 4.78 is 5.17. The van der Waals surface area contributed by atoms with Gasteiger partial charge in [-0.15, -0.1) is 0 Å². The molecule has 3 amide bonds. The molecule has 0 spiro atoms. The van der Waals surface area contributed by atoms with Crippen LogP contribution in [0.3, 0.4) is 0 Å². The number of nitrogens with one attached hydrogen (secondary N) is 2. The average molecular weight is 513 g/mol. The van der Waals surface area contributed by atoms with Gasteiger partial charge >= 0.3 is 6.03 Å². The van der Waals surface area contributed by atoms with Gasteiger partial charge in [0.05, 0.1) is 29.3 Å². The van der Waals surface area contributed by atoms with Crippen LogP contribution in [-0.4, -0.2) is 50.1 Å². The zero-order valence-electron chi connectivity index (χ0n) is 19.3. The third kappa shape index (κ3) is 6.38. The van der Waals surface area contributed by atoms with Gasteiger partial charge in [0, 0.05) is 37.6 Å².